The quantitative estimate of drug-likeness (QED) is 0.340. The zero-order valence-electron chi connectivity index (χ0n) is 10.9. The molecule has 1 fully saturated rings. The first kappa shape index (κ1) is 13.3. The smallest absolute Gasteiger partial charge is 0.409 e. The fourth-order valence-corrected chi connectivity index (χ4v) is 4.25. The van der Waals surface area contributed by atoms with Gasteiger partial charge in [-0.2, -0.15) is 0 Å². The number of likely N-dealkylation sites (tertiary alicyclic amines) is 1. The van der Waals surface area contributed by atoms with Gasteiger partial charge < -0.3 is 9.64 Å². The van der Waals surface area contributed by atoms with Crippen LogP contribution in [0.1, 0.15) is 17.5 Å². The molecule has 1 heterocycles. The van der Waals surface area contributed by atoms with Crippen LogP contribution in [0.15, 0.2) is 23.3 Å². The van der Waals surface area contributed by atoms with Crippen molar-refractivity contribution in [2.75, 3.05) is 13.7 Å². The summed E-state index contributed by atoms with van der Waals surface area (Å²) in [6.07, 6.45) is 1.18. The van der Waals surface area contributed by atoms with Crippen molar-refractivity contribution >= 4 is 27.7 Å². The van der Waals surface area contributed by atoms with Crippen LogP contribution in [0.2, 0.25) is 0 Å². The summed E-state index contributed by atoms with van der Waals surface area (Å²) in [5.41, 5.74) is 11.4. The second kappa shape index (κ2) is 4.68. The van der Waals surface area contributed by atoms with Crippen molar-refractivity contribution in [3.63, 3.8) is 0 Å². The molecule has 6 nitrogen and oxygen atoms in total. The molecule has 7 heteroatoms. The Labute approximate surface area is 124 Å². The van der Waals surface area contributed by atoms with E-state index in [0.717, 1.165) is 17.5 Å². The highest BCUT2D eigenvalue weighted by molar-refractivity contribution is 9.09. The van der Waals surface area contributed by atoms with E-state index < -0.39 is 0 Å². The predicted molar refractivity (Wildman–Crippen MR) is 77.1 cm³/mol. The molecular formula is C13H13BrN4O2. The Morgan fingerprint density at radius 1 is 1.65 bits per heavy atom. The van der Waals surface area contributed by atoms with Crippen molar-refractivity contribution in [2.24, 2.45) is 5.11 Å². The van der Waals surface area contributed by atoms with Crippen LogP contribution in [0.3, 0.4) is 0 Å². The number of alkyl halides is 1. The third-order valence-electron chi connectivity index (χ3n) is 4.18. The molecule has 2 atom stereocenters. The molecule has 0 spiro atoms. The molecule has 0 saturated carbocycles. The molecule has 104 valence electrons. The summed E-state index contributed by atoms with van der Waals surface area (Å²) < 4.78 is 4.58. The van der Waals surface area contributed by atoms with Crippen LogP contribution in [0.5, 0.6) is 0 Å². The summed E-state index contributed by atoms with van der Waals surface area (Å²) in [5, 5.41) is 3.75. The minimum Gasteiger partial charge on any atom is -0.453 e. The van der Waals surface area contributed by atoms with Crippen molar-refractivity contribution in [3.8, 4) is 0 Å². The Hall–Kier alpha value is -1.72. The summed E-state index contributed by atoms with van der Waals surface area (Å²) in [6.45, 7) is 0.660. The Bertz CT molecular complexity index is 629. The van der Waals surface area contributed by atoms with Crippen LogP contribution in [0.4, 0.5) is 10.5 Å². The van der Waals surface area contributed by atoms with Gasteiger partial charge in [0.15, 0.2) is 0 Å². The minimum absolute atomic E-state index is 0.00000661. The number of fused-ring (bicyclic) bond motifs is 3. The first-order chi connectivity index (χ1) is 9.61. The molecule has 0 aromatic heterocycles. The maximum absolute atomic E-state index is 11.9. The number of hydrogen-bond acceptors (Lipinski definition) is 3. The summed E-state index contributed by atoms with van der Waals surface area (Å²) in [4.78, 5) is 16.5. The van der Waals surface area contributed by atoms with E-state index in [1.807, 2.05) is 12.1 Å². The molecule has 0 bridgehead atoms. The van der Waals surface area contributed by atoms with Crippen LogP contribution in [0.25, 0.3) is 10.4 Å². The standard InChI is InChI=1S/C13H13BrN4O2/c1-20-12(19)18-6-5-13(14)9-3-2-4-10(16-17-15)8(9)7-11(13)18/h2-4,11H,5-7H2,1H3/t11?,13-/m0/s1. The van der Waals surface area contributed by atoms with Crippen molar-refractivity contribution < 1.29 is 9.53 Å². The highest BCUT2D eigenvalue weighted by atomic mass is 79.9. The van der Waals surface area contributed by atoms with Gasteiger partial charge in [-0.1, -0.05) is 39.2 Å². The SMILES string of the molecule is COC(=O)N1CC[C@]2(Br)c3cccc(N=[N+]=[N-])c3CC12. The average Bonchev–Trinajstić information content (AvgIpc) is 2.92. The largest absolute Gasteiger partial charge is 0.453 e. The van der Waals surface area contributed by atoms with Gasteiger partial charge >= 0.3 is 6.09 Å². The second-order valence-electron chi connectivity index (χ2n) is 4.99. The van der Waals surface area contributed by atoms with Gasteiger partial charge in [0.25, 0.3) is 0 Å². The maximum Gasteiger partial charge on any atom is 0.409 e. The molecular weight excluding hydrogens is 324 g/mol. The molecule has 0 radical (unpaired) electrons. The summed E-state index contributed by atoms with van der Waals surface area (Å²) in [5.74, 6) is 0. The zero-order chi connectivity index (χ0) is 14.3. The number of carbonyl (C=O) groups excluding carboxylic acids is 1. The van der Waals surface area contributed by atoms with Crippen LogP contribution in [-0.2, 0) is 15.5 Å². The third-order valence-corrected chi connectivity index (χ3v) is 5.53. The Morgan fingerprint density at radius 3 is 3.15 bits per heavy atom. The average molecular weight is 337 g/mol. The van der Waals surface area contributed by atoms with Crippen LogP contribution in [0, 0.1) is 0 Å². The number of nitrogens with zero attached hydrogens (tertiary/aromatic N) is 4. The Morgan fingerprint density at radius 2 is 2.45 bits per heavy atom. The summed E-state index contributed by atoms with van der Waals surface area (Å²) in [7, 11) is 1.39. The fourth-order valence-electron chi connectivity index (χ4n) is 3.29. The van der Waals surface area contributed by atoms with Gasteiger partial charge in [0.2, 0.25) is 0 Å². The number of hydrogen-bond donors (Lipinski definition) is 0. The Kier molecular flexibility index (Phi) is 3.11. The first-order valence-electron chi connectivity index (χ1n) is 6.33. The van der Waals surface area contributed by atoms with Gasteiger partial charge in [0, 0.05) is 17.1 Å². The molecule has 1 aromatic carbocycles. The number of azide groups is 1. The van der Waals surface area contributed by atoms with E-state index in [1.165, 1.54) is 7.11 Å². The van der Waals surface area contributed by atoms with E-state index >= 15 is 0 Å². The van der Waals surface area contributed by atoms with Crippen molar-refractivity contribution in [2.45, 2.75) is 23.2 Å². The number of benzene rings is 1. The molecule has 1 amide bonds. The molecule has 3 rings (SSSR count). The van der Waals surface area contributed by atoms with Crippen molar-refractivity contribution in [1.29, 1.82) is 0 Å². The van der Waals surface area contributed by atoms with Gasteiger partial charge in [-0.05, 0) is 29.5 Å². The van der Waals surface area contributed by atoms with Gasteiger partial charge in [0.1, 0.15) is 0 Å². The second-order valence-corrected chi connectivity index (χ2v) is 6.40. The lowest BCUT2D eigenvalue weighted by Crippen LogP contribution is -2.40. The minimum atomic E-state index is -0.311. The molecule has 1 aliphatic heterocycles. The number of rotatable bonds is 1. The molecule has 1 aromatic rings. The molecule has 1 aliphatic carbocycles. The van der Waals surface area contributed by atoms with Gasteiger partial charge in [-0.15, -0.1) is 0 Å². The number of ether oxygens (including phenoxy) is 1. The normalized spacial score (nSPS) is 26.7. The van der Waals surface area contributed by atoms with Gasteiger partial charge in [0.05, 0.1) is 17.5 Å². The summed E-state index contributed by atoms with van der Waals surface area (Å²) in [6, 6.07) is 5.72. The third kappa shape index (κ3) is 1.70. The predicted octanol–water partition coefficient (Wildman–Crippen LogP) is 3.62. The molecule has 2 aliphatic rings. The molecule has 20 heavy (non-hydrogen) atoms. The Balaban J connectivity index is 2.06. The van der Waals surface area contributed by atoms with Crippen LogP contribution < -0.4 is 0 Å². The first-order valence-corrected chi connectivity index (χ1v) is 7.12. The lowest BCUT2D eigenvalue weighted by atomic mass is 9.97. The summed E-state index contributed by atoms with van der Waals surface area (Å²) >= 11 is 3.81. The highest BCUT2D eigenvalue weighted by Crippen LogP contribution is 2.54. The van der Waals surface area contributed by atoms with Crippen molar-refractivity contribution in [3.05, 3.63) is 39.8 Å². The van der Waals surface area contributed by atoms with Gasteiger partial charge in [-0.3, -0.25) is 0 Å². The lowest BCUT2D eigenvalue weighted by molar-refractivity contribution is 0.118. The van der Waals surface area contributed by atoms with E-state index in [0.29, 0.717) is 18.7 Å². The lowest BCUT2D eigenvalue weighted by Gasteiger charge is -2.27. The number of methoxy groups -OCH3 is 1. The van der Waals surface area contributed by atoms with Crippen LogP contribution in [-0.4, -0.2) is 30.7 Å². The maximum atomic E-state index is 11.9. The topological polar surface area (TPSA) is 78.3 Å². The van der Waals surface area contributed by atoms with E-state index in [4.69, 9.17) is 10.3 Å². The van der Waals surface area contributed by atoms with E-state index in [1.54, 1.807) is 11.0 Å². The highest BCUT2D eigenvalue weighted by Gasteiger charge is 2.54. The zero-order valence-corrected chi connectivity index (χ0v) is 12.5. The van der Waals surface area contributed by atoms with Gasteiger partial charge in [-0.25, -0.2) is 4.79 Å². The van der Waals surface area contributed by atoms with E-state index in [9.17, 15) is 4.79 Å². The van der Waals surface area contributed by atoms with E-state index in [2.05, 4.69) is 26.0 Å². The monoisotopic (exact) mass is 336 g/mol. The fraction of sp³-hybridized carbons (Fsp3) is 0.462. The molecule has 1 saturated heterocycles. The van der Waals surface area contributed by atoms with E-state index in [-0.39, 0.29) is 16.5 Å². The van der Waals surface area contributed by atoms with Crippen molar-refractivity contribution in [1.82, 2.24) is 4.90 Å². The molecule has 1 unspecified atom stereocenters. The number of halogens is 1. The molecule has 0 N–H and O–H groups in total. The van der Waals surface area contributed by atoms with Crippen LogP contribution >= 0.6 is 15.9 Å². The number of carbonyl (C=O) groups is 1. The number of amides is 1.